The Kier molecular flexibility index (Phi) is 5.63. The molecule has 0 aromatic heterocycles. The van der Waals surface area contributed by atoms with Crippen molar-refractivity contribution in [3.8, 4) is 0 Å². The Morgan fingerprint density at radius 1 is 1.28 bits per heavy atom. The van der Waals surface area contributed by atoms with Crippen LogP contribution in [-0.2, 0) is 9.59 Å². The molecule has 1 saturated heterocycles. The second kappa shape index (κ2) is 6.76. The molecule has 1 aliphatic rings. The topological polar surface area (TPSA) is 49.4 Å². The van der Waals surface area contributed by atoms with E-state index < -0.39 is 0 Å². The molecule has 2 amide bonds. The van der Waals surface area contributed by atoms with Crippen molar-refractivity contribution in [2.75, 3.05) is 0 Å². The molecule has 18 heavy (non-hydrogen) atoms. The van der Waals surface area contributed by atoms with Crippen LogP contribution in [0.5, 0.6) is 0 Å². The Balaban J connectivity index is 2.96. The fraction of sp³-hybridized carbons (Fsp3) is 0.857. The number of carbonyl (C=O) groups excluding carboxylic acids is 2. The zero-order valence-electron chi connectivity index (χ0n) is 12.0. The maximum atomic E-state index is 12.6. The zero-order valence-corrected chi connectivity index (χ0v) is 12.0. The van der Waals surface area contributed by atoms with Crippen molar-refractivity contribution in [3.05, 3.63) is 0 Å². The summed E-state index contributed by atoms with van der Waals surface area (Å²) < 4.78 is 0. The molecule has 1 aliphatic heterocycles. The van der Waals surface area contributed by atoms with Gasteiger partial charge < -0.3 is 10.2 Å². The summed E-state index contributed by atoms with van der Waals surface area (Å²) in [4.78, 5) is 26.3. The molecule has 0 spiro atoms. The van der Waals surface area contributed by atoms with Crippen molar-refractivity contribution < 1.29 is 9.59 Å². The standard InChI is InChI=1S/C14H26N2O2/c1-5-8-12-14(18)16(11(6-2)7-3)10(4)9-13(17)15-12/h10-12H,5-9H2,1-4H3,(H,15,17). The lowest BCUT2D eigenvalue weighted by Gasteiger charge is -2.35. The van der Waals surface area contributed by atoms with Gasteiger partial charge in [0.05, 0.1) is 0 Å². The molecular formula is C14H26N2O2. The van der Waals surface area contributed by atoms with Crippen LogP contribution in [0.2, 0.25) is 0 Å². The van der Waals surface area contributed by atoms with E-state index in [1.807, 2.05) is 18.7 Å². The van der Waals surface area contributed by atoms with Crippen molar-refractivity contribution >= 4 is 11.8 Å². The van der Waals surface area contributed by atoms with E-state index in [9.17, 15) is 9.59 Å². The Labute approximate surface area is 110 Å². The van der Waals surface area contributed by atoms with E-state index in [0.717, 1.165) is 25.7 Å². The van der Waals surface area contributed by atoms with E-state index in [1.54, 1.807) is 0 Å². The number of amides is 2. The molecule has 4 nitrogen and oxygen atoms in total. The van der Waals surface area contributed by atoms with Crippen LogP contribution in [0, 0.1) is 0 Å². The lowest BCUT2D eigenvalue weighted by molar-refractivity contribution is -0.137. The first-order valence-corrected chi connectivity index (χ1v) is 7.16. The normalized spacial score (nSPS) is 25.3. The maximum absolute atomic E-state index is 12.6. The average Bonchev–Trinajstić information content (AvgIpc) is 2.42. The smallest absolute Gasteiger partial charge is 0.245 e. The molecule has 1 N–H and O–H groups in total. The van der Waals surface area contributed by atoms with E-state index in [4.69, 9.17) is 0 Å². The van der Waals surface area contributed by atoms with Crippen LogP contribution in [0.1, 0.15) is 59.8 Å². The highest BCUT2D eigenvalue weighted by atomic mass is 16.2. The maximum Gasteiger partial charge on any atom is 0.245 e. The third-order valence-corrected chi connectivity index (χ3v) is 3.76. The van der Waals surface area contributed by atoms with Crippen molar-refractivity contribution in [1.29, 1.82) is 0 Å². The third kappa shape index (κ3) is 3.24. The first-order valence-electron chi connectivity index (χ1n) is 7.16. The second-order valence-electron chi connectivity index (χ2n) is 5.18. The number of nitrogens with zero attached hydrogens (tertiary/aromatic N) is 1. The summed E-state index contributed by atoms with van der Waals surface area (Å²) in [5, 5.41) is 2.86. The molecule has 0 radical (unpaired) electrons. The summed E-state index contributed by atoms with van der Waals surface area (Å²) in [5.41, 5.74) is 0. The van der Waals surface area contributed by atoms with Gasteiger partial charge in [-0.1, -0.05) is 27.2 Å². The van der Waals surface area contributed by atoms with Crippen LogP contribution < -0.4 is 5.32 Å². The van der Waals surface area contributed by atoms with Crippen LogP contribution >= 0.6 is 0 Å². The number of rotatable bonds is 5. The summed E-state index contributed by atoms with van der Waals surface area (Å²) >= 11 is 0. The minimum Gasteiger partial charge on any atom is -0.344 e. The SMILES string of the molecule is CCCC1NC(=O)CC(C)N(C(CC)CC)C1=O. The number of nitrogens with one attached hydrogen (secondary N) is 1. The highest BCUT2D eigenvalue weighted by molar-refractivity contribution is 5.90. The van der Waals surface area contributed by atoms with Crippen molar-refractivity contribution in [1.82, 2.24) is 10.2 Å². The molecule has 0 aromatic rings. The molecule has 0 aliphatic carbocycles. The van der Waals surface area contributed by atoms with Gasteiger partial charge in [-0.3, -0.25) is 9.59 Å². The van der Waals surface area contributed by atoms with Gasteiger partial charge in [0.25, 0.3) is 0 Å². The Morgan fingerprint density at radius 2 is 1.89 bits per heavy atom. The zero-order chi connectivity index (χ0) is 13.7. The minimum absolute atomic E-state index is 0.00255. The van der Waals surface area contributed by atoms with Gasteiger partial charge in [-0.2, -0.15) is 0 Å². The molecule has 1 rings (SSSR count). The Morgan fingerprint density at radius 3 is 2.39 bits per heavy atom. The molecule has 104 valence electrons. The quantitative estimate of drug-likeness (QED) is 0.816. The number of carbonyl (C=O) groups is 2. The fourth-order valence-corrected chi connectivity index (χ4v) is 2.79. The van der Waals surface area contributed by atoms with E-state index in [2.05, 4.69) is 19.2 Å². The van der Waals surface area contributed by atoms with E-state index >= 15 is 0 Å². The Bertz CT molecular complexity index is 300. The van der Waals surface area contributed by atoms with Gasteiger partial charge in [-0.15, -0.1) is 0 Å². The highest BCUT2D eigenvalue weighted by Crippen LogP contribution is 2.20. The lowest BCUT2D eigenvalue weighted by Crippen LogP contribution is -2.50. The average molecular weight is 254 g/mol. The van der Waals surface area contributed by atoms with E-state index in [-0.39, 0.29) is 29.9 Å². The summed E-state index contributed by atoms with van der Waals surface area (Å²) in [6.45, 7) is 8.21. The molecule has 1 fully saturated rings. The number of hydrogen-bond donors (Lipinski definition) is 1. The van der Waals surface area contributed by atoms with Gasteiger partial charge in [0.1, 0.15) is 6.04 Å². The van der Waals surface area contributed by atoms with Crippen molar-refractivity contribution in [2.24, 2.45) is 0 Å². The van der Waals surface area contributed by atoms with E-state index in [1.165, 1.54) is 0 Å². The summed E-state index contributed by atoms with van der Waals surface area (Å²) in [5.74, 6) is 0.103. The molecule has 2 unspecified atom stereocenters. The van der Waals surface area contributed by atoms with Crippen LogP contribution in [-0.4, -0.2) is 34.8 Å². The van der Waals surface area contributed by atoms with Gasteiger partial charge >= 0.3 is 0 Å². The minimum atomic E-state index is -0.326. The Hall–Kier alpha value is -1.06. The van der Waals surface area contributed by atoms with Gasteiger partial charge in [-0.05, 0) is 26.2 Å². The molecule has 2 atom stereocenters. The lowest BCUT2D eigenvalue weighted by atomic mass is 10.0. The largest absolute Gasteiger partial charge is 0.344 e. The summed E-state index contributed by atoms with van der Waals surface area (Å²) in [6.07, 6.45) is 3.94. The van der Waals surface area contributed by atoms with Crippen LogP contribution in [0.25, 0.3) is 0 Å². The fourth-order valence-electron chi connectivity index (χ4n) is 2.79. The molecule has 4 heteroatoms. The molecular weight excluding hydrogens is 228 g/mol. The van der Waals surface area contributed by atoms with Gasteiger partial charge in [-0.25, -0.2) is 0 Å². The second-order valence-corrected chi connectivity index (χ2v) is 5.18. The predicted molar refractivity (Wildman–Crippen MR) is 72.1 cm³/mol. The predicted octanol–water partition coefficient (Wildman–Crippen LogP) is 2.08. The molecule has 0 bridgehead atoms. The van der Waals surface area contributed by atoms with Gasteiger partial charge in [0.15, 0.2) is 0 Å². The molecule has 0 aromatic carbocycles. The van der Waals surface area contributed by atoms with Crippen molar-refractivity contribution in [3.63, 3.8) is 0 Å². The summed E-state index contributed by atoms with van der Waals surface area (Å²) in [7, 11) is 0. The third-order valence-electron chi connectivity index (χ3n) is 3.76. The van der Waals surface area contributed by atoms with Crippen LogP contribution in [0.4, 0.5) is 0 Å². The van der Waals surface area contributed by atoms with E-state index in [0.29, 0.717) is 6.42 Å². The van der Waals surface area contributed by atoms with Crippen LogP contribution in [0.3, 0.4) is 0 Å². The van der Waals surface area contributed by atoms with Crippen LogP contribution in [0.15, 0.2) is 0 Å². The summed E-state index contributed by atoms with van der Waals surface area (Å²) in [6, 6.07) is -0.0723. The first-order chi connectivity index (χ1) is 8.54. The van der Waals surface area contributed by atoms with Gasteiger partial charge in [0, 0.05) is 18.5 Å². The molecule has 1 heterocycles. The first kappa shape index (κ1) is 15.0. The van der Waals surface area contributed by atoms with Gasteiger partial charge in [0.2, 0.25) is 11.8 Å². The molecule has 0 saturated carbocycles. The number of hydrogen-bond acceptors (Lipinski definition) is 2. The monoisotopic (exact) mass is 254 g/mol. The van der Waals surface area contributed by atoms with Crippen molar-refractivity contribution in [2.45, 2.75) is 77.9 Å². The highest BCUT2D eigenvalue weighted by Gasteiger charge is 2.36.